The van der Waals surface area contributed by atoms with Crippen molar-refractivity contribution in [1.29, 1.82) is 0 Å². The maximum Gasteiger partial charge on any atom is 0.193 e. The van der Waals surface area contributed by atoms with Crippen LogP contribution in [0.15, 0.2) is 69.8 Å². The molecule has 0 fully saturated rings. The zero-order valence-corrected chi connectivity index (χ0v) is 8.78. The van der Waals surface area contributed by atoms with Gasteiger partial charge in [0.25, 0.3) is 0 Å². The highest BCUT2D eigenvalue weighted by Gasteiger charge is 2.05. The first-order valence-corrected chi connectivity index (χ1v) is 5.10. The molecule has 3 aromatic rings. The largest absolute Gasteiger partial charge is 0.456 e. The van der Waals surface area contributed by atoms with E-state index in [1.54, 1.807) is 24.3 Å². The fourth-order valence-electron chi connectivity index (χ4n) is 1.63. The molecular formula is C15H10O2. The van der Waals surface area contributed by atoms with Crippen molar-refractivity contribution in [3.8, 4) is 11.3 Å². The molecule has 17 heavy (non-hydrogen) atoms. The maximum absolute atomic E-state index is 12.2. The SMILES string of the molecule is [2H]c1c([2H])c([2H])c2c(=O)cc(-c3ccccc3)oc2c1[2H]. The van der Waals surface area contributed by atoms with Gasteiger partial charge >= 0.3 is 0 Å². The minimum atomic E-state index is -0.484. The lowest BCUT2D eigenvalue weighted by Gasteiger charge is -2.02. The first-order chi connectivity index (χ1) is 10.0. The highest BCUT2D eigenvalue weighted by Crippen LogP contribution is 2.21. The molecule has 3 rings (SSSR count). The molecule has 82 valence electrons. The summed E-state index contributed by atoms with van der Waals surface area (Å²) in [5.74, 6) is 0.276. The molecule has 0 aliphatic heterocycles. The van der Waals surface area contributed by atoms with Crippen molar-refractivity contribution in [2.24, 2.45) is 0 Å². The van der Waals surface area contributed by atoms with Crippen LogP contribution in [0.25, 0.3) is 22.3 Å². The van der Waals surface area contributed by atoms with Gasteiger partial charge < -0.3 is 4.42 Å². The molecule has 2 aromatic carbocycles. The quantitative estimate of drug-likeness (QED) is 0.636. The molecule has 0 amide bonds. The minimum absolute atomic E-state index is 0.118. The van der Waals surface area contributed by atoms with Gasteiger partial charge in [-0.05, 0) is 12.1 Å². The highest BCUT2D eigenvalue weighted by molar-refractivity contribution is 5.78. The van der Waals surface area contributed by atoms with E-state index in [0.717, 1.165) is 0 Å². The van der Waals surface area contributed by atoms with E-state index in [1.807, 2.05) is 6.07 Å². The third-order valence-electron chi connectivity index (χ3n) is 2.43. The molecule has 0 aliphatic carbocycles. The second kappa shape index (κ2) is 3.91. The molecule has 0 unspecified atom stereocenters. The molecule has 0 N–H and O–H groups in total. The summed E-state index contributed by atoms with van der Waals surface area (Å²) in [5.41, 5.74) is 0.0679. The number of hydrogen-bond acceptors (Lipinski definition) is 2. The molecule has 0 bridgehead atoms. The monoisotopic (exact) mass is 226 g/mol. The van der Waals surface area contributed by atoms with E-state index in [1.165, 1.54) is 6.07 Å². The molecule has 1 aromatic heterocycles. The van der Waals surface area contributed by atoms with Gasteiger partial charge in [0.15, 0.2) is 5.43 Å². The van der Waals surface area contributed by atoms with Crippen LogP contribution in [0.3, 0.4) is 0 Å². The molecule has 2 heteroatoms. The van der Waals surface area contributed by atoms with Crippen molar-refractivity contribution in [2.75, 3.05) is 0 Å². The maximum atomic E-state index is 12.2. The molecule has 0 saturated heterocycles. The van der Waals surface area contributed by atoms with E-state index in [9.17, 15) is 4.79 Å². The summed E-state index contributed by atoms with van der Waals surface area (Å²) >= 11 is 0. The predicted molar refractivity (Wildman–Crippen MR) is 67.9 cm³/mol. The molecule has 0 radical (unpaired) electrons. The Morgan fingerprint density at radius 2 is 1.82 bits per heavy atom. The van der Waals surface area contributed by atoms with Crippen LogP contribution in [0.1, 0.15) is 5.48 Å². The van der Waals surface area contributed by atoms with Gasteiger partial charge in [0.05, 0.1) is 10.9 Å². The zero-order valence-electron chi connectivity index (χ0n) is 12.8. The average Bonchev–Trinajstić information content (AvgIpc) is 2.51. The van der Waals surface area contributed by atoms with Crippen LogP contribution in [0.5, 0.6) is 0 Å². The Morgan fingerprint density at radius 3 is 2.65 bits per heavy atom. The van der Waals surface area contributed by atoms with Gasteiger partial charge in [-0.3, -0.25) is 4.79 Å². The normalized spacial score (nSPS) is 13.9. The van der Waals surface area contributed by atoms with Gasteiger partial charge in [-0.2, -0.15) is 0 Å². The molecule has 0 aliphatic rings. The van der Waals surface area contributed by atoms with Crippen molar-refractivity contribution >= 4 is 11.0 Å². The summed E-state index contributed by atoms with van der Waals surface area (Å²) in [6.07, 6.45) is 0. The molecule has 2 nitrogen and oxygen atoms in total. The Kier molecular flexibility index (Phi) is 1.47. The summed E-state index contributed by atoms with van der Waals surface area (Å²) in [7, 11) is 0. The van der Waals surface area contributed by atoms with Crippen LogP contribution < -0.4 is 5.43 Å². The zero-order chi connectivity index (χ0) is 15.1. The first-order valence-electron chi connectivity index (χ1n) is 7.10. The van der Waals surface area contributed by atoms with Crippen molar-refractivity contribution in [1.82, 2.24) is 0 Å². The second-order valence-corrected chi connectivity index (χ2v) is 3.55. The van der Waals surface area contributed by atoms with Crippen molar-refractivity contribution in [2.45, 2.75) is 0 Å². The summed E-state index contributed by atoms with van der Waals surface area (Å²) < 4.78 is 36.5. The van der Waals surface area contributed by atoms with Crippen molar-refractivity contribution in [3.63, 3.8) is 0 Å². The van der Waals surface area contributed by atoms with E-state index in [0.29, 0.717) is 5.56 Å². The van der Waals surface area contributed by atoms with Crippen LogP contribution >= 0.6 is 0 Å². The fraction of sp³-hybridized carbons (Fsp3) is 0. The van der Waals surface area contributed by atoms with Crippen LogP contribution in [-0.4, -0.2) is 0 Å². The van der Waals surface area contributed by atoms with Gasteiger partial charge in [0.2, 0.25) is 0 Å². The van der Waals surface area contributed by atoms with E-state index < -0.39 is 17.5 Å². The Bertz CT molecular complexity index is 901. The van der Waals surface area contributed by atoms with E-state index in [2.05, 4.69) is 0 Å². The molecule has 0 atom stereocenters. The molecule has 1 heterocycles. The van der Waals surface area contributed by atoms with Crippen LogP contribution in [-0.2, 0) is 0 Å². The van der Waals surface area contributed by atoms with Crippen LogP contribution in [0.2, 0.25) is 0 Å². The highest BCUT2D eigenvalue weighted by atomic mass is 16.3. The third-order valence-corrected chi connectivity index (χ3v) is 2.43. The Labute approximate surface area is 104 Å². The minimum Gasteiger partial charge on any atom is -0.456 e. The summed E-state index contributed by atoms with van der Waals surface area (Å²) in [4.78, 5) is 12.2. The lowest BCUT2D eigenvalue weighted by Crippen LogP contribution is -1.99. The Hall–Kier alpha value is -2.35. The van der Waals surface area contributed by atoms with Gasteiger partial charge in [0.1, 0.15) is 11.3 Å². The van der Waals surface area contributed by atoms with Crippen LogP contribution in [0.4, 0.5) is 0 Å². The predicted octanol–water partition coefficient (Wildman–Crippen LogP) is 3.46. The number of benzene rings is 2. The Balaban J connectivity index is 2.43. The summed E-state index contributed by atoms with van der Waals surface area (Å²) in [6.45, 7) is 0. The van der Waals surface area contributed by atoms with E-state index in [4.69, 9.17) is 9.90 Å². The van der Waals surface area contributed by atoms with Crippen molar-refractivity contribution < 1.29 is 9.90 Å². The van der Waals surface area contributed by atoms with Gasteiger partial charge in [-0.1, -0.05) is 42.4 Å². The molecule has 0 saturated carbocycles. The standard InChI is InChI=1S/C15H10O2/c16-13-10-15(11-6-2-1-3-7-11)17-14-9-5-4-8-12(13)14/h1-10H/i4D,5D,8D,9D. The lowest BCUT2D eigenvalue weighted by molar-refractivity contribution is 0.619. The Morgan fingerprint density at radius 1 is 1.06 bits per heavy atom. The third kappa shape index (κ3) is 1.74. The molecular weight excluding hydrogens is 212 g/mol. The first kappa shape index (κ1) is 6.40. The number of hydrogen-bond donors (Lipinski definition) is 0. The molecule has 0 spiro atoms. The van der Waals surface area contributed by atoms with Gasteiger partial charge in [0, 0.05) is 11.6 Å². The fourth-order valence-corrected chi connectivity index (χ4v) is 1.63. The van der Waals surface area contributed by atoms with Crippen molar-refractivity contribution in [3.05, 3.63) is 70.8 Å². The van der Waals surface area contributed by atoms with E-state index >= 15 is 0 Å². The summed E-state index contributed by atoms with van der Waals surface area (Å²) in [5, 5.41) is -0.124. The average molecular weight is 226 g/mol. The smallest absolute Gasteiger partial charge is 0.193 e. The lowest BCUT2D eigenvalue weighted by atomic mass is 10.1. The summed E-state index contributed by atoms with van der Waals surface area (Å²) in [6, 6.07) is 8.60. The number of rotatable bonds is 1. The number of para-hydroxylation sites is 1. The van der Waals surface area contributed by atoms with Crippen LogP contribution in [0, 0.1) is 0 Å². The topological polar surface area (TPSA) is 30.2 Å². The van der Waals surface area contributed by atoms with Gasteiger partial charge in [-0.25, -0.2) is 0 Å². The number of fused-ring (bicyclic) bond motifs is 1. The van der Waals surface area contributed by atoms with E-state index in [-0.39, 0.29) is 28.8 Å². The second-order valence-electron chi connectivity index (χ2n) is 3.55. The van der Waals surface area contributed by atoms with Gasteiger partial charge in [-0.15, -0.1) is 0 Å².